The van der Waals surface area contributed by atoms with Crippen LogP contribution in [0.15, 0.2) is 0 Å². The Balaban J connectivity index is 2.26. The zero-order valence-electron chi connectivity index (χ0n) is 6.76. The van der Waals surface area contributed by atoms with Gasteiger partial charge >= 0.3 is 0 Å². The van der Waals surface area contributed by atoms with Crippen molar-refractivity contribution < 1.29 is 9.47 Å². The maximum Gasteiger partial charge on any atom is 0.134 e. The van der Waals surface area contributed by atoms with Crippen LogP contribution in [0.1, 0.15) is 20.8 Å². The number of ether oxygens (including phenoxy) is 2. The van der Waals surface area contributed by atoms with E-state index >= 15 is 0 Å². The molecule has 1 heterocycles. The first-order chi connectivity index (χ1) is 4.49. The minimum atomic E-state index is -0.209. The SMILES string of the molecule is CC(C)(C)OC1COC1N. The third-order valence-corrected chi connectivity index (χ3v) is 1.32. The lowest BCUT2D eigenvalue weighted by Crippen LogP contribution is -2.54. The molecule has 10 heavy (non-hydrogen) atoms. The van der Waals surface area contributed by atoms with Crippen molar-refractivity contribution >= 4 is 0 Å². The molecule has 0 radical (unpaired) electrons. The van der Waals surface area contributed by atoms with Crippen LogP contribution in [0.3, 0.4) is 0 Å². The van der Waals surface area contributed by atoms with Crippen LogP contribution in [0.2, 0.25) is 0 Å². The van der Waals surface area contributed by atoms with Crippen LogP contribution >= 0.6 is 0 Å². The molecule has 3 heteroatoms. The van der Waals surface area contributed by atoms with Gasteiger partial charge in [-0.3, -0.25) is 0 Å². The Morgan fingerprint density at radius 2 is 2.10 bits per heavy atom. The standard InChI is InChI=1S/C7H15NO2/c1-7(2,3)10-5-4-9-6(5)8/h5-6H,4,8H2,1-3H3. The van der Waals surface area contributed by atoms with Gasteiger partial charge in [-0.25, -0.2) is 0 Å². The molecule has 1 aliphatic rings. The van der Waals surface area contributed by atoms with E-state index in [2.05, 4.69) is 0 Å². The van der Waals surface area contributed by atoms with E-state index < -0.39 is 0 Å². The average Bonchev–Trinajstić information content (AvgIpc) is 1.78. The van der Waals surface area contributed by atoms with E-state index in [9.17, 15) is 0 Å². The molecule has 0 amide bonds. The molecule has 0 aromatic carbocycles. The summed E-state index contributed by atoms with van der Waals surface area (Å²) < 4.78 is 10.5. The highest BCUT2D eigenvalue weighted by molar-refractivity contribution is 4.77. The monoisotopic (exact) mass is 145 g/mol. The lowest BCUT2D eigenvalue weighted by Gasteiger charge is -2.38. The fraction of sp³-hybridized carbons (Fsp3) is 1.00. The molecule has 1 fully saturated rings. The molecular weight excluding hydrogens is 130 g/mol. The maximum atomic E-state index is 5.54. The van der Waals surface area contributed by atoms with Gasteiger partial charge in [0, 0.05) is 0 Å². The Morgan fingerprint density at radius 1 is 1.50 bits per heavy atom. The fourth-order valence-electron chi connectivity index (χ4n) is 0.841. The summed E-state index contributed by atoms with van der Waals surface area (Å²) >= 11 is 0. The van der Waals surface area contributed by atoms with Crippen LogP contribution in [0.4, 0.5) is 0 Å². The number of nitrogens with two attached hydrogens (primary N) is 1. The topological polar surface area (TPSA) is 44.5 Å². The molecule has 2 unspecified atom stereocenters. The van der Waals surface area contributed by atoms with Crippen molar-refractivity contribution in [2.45, 2.75) is 38.7 Å². The molecule has 0 aromatic heterocycles. The van der Waals surface area contributed by atoms with Gasteiger partial charge in [-0.2, -0.15) is 0 Å². The van der Waals surface area contributed by atoms with Crippen LogP contribution < -0.4 is 5.73 Å². The third-order valence-electron chi connectivity index (χ3n) is 1.32. The number of hydrogen-bond donors (Lipinski definition) is 1. The third kappa shape index (κ3) is 1.94. The molecule has 0 aromatic rings. The van der Waals surface area contributed by atoms with E-state index in [1.807, 2.05) is 20.8 Å². The molecule has 1 saturated heterocycles. The molecule has 60 valence electrons. The second-order valence-corrected chi connectivity index (χ2v) is 3.57. The summed E-state index contributed by atoms with van der Waals surface area (Å²) in [5.41, 5.74) is 5.38. The van der Waals surface area contributed by atoms with Gasteiger partial charge in [-0.05, 0) is 20.8 Å². The predicted octanol–water partition coefficient (Wildman–Crippen LogP) is 0.485. The first-order valence-corrected chi connectivity index (χ1v) is 3.54. The van der Waals surface area contributed by atoms with E-state index in [1.54, 1.807) is 0 Å². The van der Waals surface area contributed by atoms with Crippen LogP contribution in [-0.4, -0.2) is 24.5 Å². The predicted molar refractivity (Wildman–Crippen MR) is 38.6 cm³/mol. The fourth-order valence-corrected chi connectivity index (χ4v) is 0.841. The van der Waals surface area contributed by atoms with Crippen LogP contribution in [0, 0.1) is 0 Å². The van der Waals surface area contributed by atoms with Gasteiger partial charge in [0.1, 0.15) is 12.3 Å². The van der Waals surface area contributed by atoms with Crippen molar-refractivity contribution in [3.63, 3.8) is 0 Å². The minimum absolute atomic E-state index is 0.0972. The highest BCUT2D eigenvalue weighted by Crippen LogP contribution is 2.18. The summed E-state index contributed by atoms with van der Waals surface area (Å²) in [6.45, 7) is 6.67. The van der Waals surface area contributed by atoms with Crippen molar-refractivity contribution in [2.75, 3.05) is 6.61 Å². The molecule has 0 spiro atoms. The molecular formula is C7H15NO2. The van der Waals surface area contributed by atoms with E-state index in [-0.39, 0.29) is 17.9 Å². The van der Waals surface area contributed by atoms with Gasteiger partial charge in [0.2, 0.25) is 0 Å². The normalized spacial score (nSPS) is 33.6. The molecule has 0 saturated carbocycles. The second-order valence-electron chi connectivity index (χ2n) is 3.57. The first-order valence-electron chi connectivity index (χ1n) is 3.54. The van der Waals surface area contributed by atoms with E-state index in [1.165, 1.54) is 0 Å². The van der Waals surface area contributed by atoms with Crippen molar-refractivity contribution in [2.24, 2.45) is 5.73 Å². The van der Waals surface area contributed by atoms with Crippen molar-refractivity contribution in [1.29, 1.82) is 0 Å². The zero-order valence-corrected chi connectivity index (χ0v) is 6.76. The van der Waals surface area contributed by atoms with Crippen LogP contribution in [0.5, 0.6) is 0 Å². The molecule has 3 nitrogen and oxygen atoms in total. The number of hydrogen-bond acceptors (Lipinski definition) is 3. The minimum Gasteiger partial charge on any atom is -0.366 e. The molecule has 2 atom stereocenters. The van der Waals surface area contributed by atoms with Crippen LogP contribution in [-0.2, 0) is 9.47 Å². The van der Waals surface area contributed by atoms with Crippen LogP contribution in [0.25, 0.3) is 0 Å². The average molecular weight is 145 g/mol. The largest absolute Gasteiger partial charge is 0.366 e. The molecule has 2 N–H and O–H groups in total. The molecule has 0 aliphatic carbocycles. The van der Waals surface area contributed by atoms with Crippen molar-refractivity contribution in [3.05, 3.63) is 0 Å². The summed E-state index contributed by atoms with van der Waals surface area (Å²) in [6, 6.07) is 0. The molecule has 1 aliphatic heterocycles. The summed E-state index contributed by atoms with van der Waals surface area (Å²) in [4.78, 5) is 0. The first kappa shape index (κ1) is 7.98. The van der Waals surface area contributed by atoms with Gasteiger partial charge in [-0.1, -0.05) is 0 Å². The summed E-state index contributed by atoms with van der Waals surface area (Å²) in [7, 11) is 0. The Morgan fingerprint density at radius 3 is 2.20 bits per heavy atom. The van der Waals surface area contributed by atoms with Gasteiger partial charge in [-0.15, -0.1) is 0 Å². The summed E-state index contributed by atoms with van der Waals surface area (Å²) in [5.74, 6) is 0. The lowest BCUT2D eigenvalue weighted by atomic mass is 10.1. The lowest BCUT2D eigenvalue weighted by molar-refractivity contribution is -0.220. The van der Waals surface area contributed by atoms with Gasteiger partial charge < -0.3 is 15.2 Å². The van der Waals surface area contributed by atoms with Gasteiger partial charge in [0.15, 0.2) is 0 Å². The Hall–Kier alpha value is -0.120. The number of rotatable bonds is 1. The Kier molecular flexibility index (Phi) is 1.99. The van der Waals surface area contributed by atoms with Crippen molar-refractivity contribution in [1.82, 2.24) is 0 Å². The maximum absolute atomic E-state index is 5.54. The summed E-state index contributed by atoms with van der Waals surface area (Å²) in [6.07, 6.45) is -0.112. The van der Waals surface area contributed by atoms with E-state index in [0.717, 1.165) is 0 Å². The Bertz CT molecular complexity index is 119. The summed E-state index contributed by atoms with van der Waals surface area (Å²) in [5, 5.41) is 0. The highest BCUT2D eigenvalue weighted by atomic mass is 16.6. The smallest absolute Gasteiger partial charge is 0.134 e. The molecule has 1 rings (SSSR count). The van der Waals surface area contributed by atoms with Gasteiger partial charge in [0.05, 0.1) is 12.2 Å². The second kappa shape index (κ2) is 2.49. The Labute approximate surface area is 61.5 Å². The zero-order chi connectivity index (χ0) is 7.78. The molecule has 0 bridgehead atoms. The van der Waals surface area contributed by atoms with Gasteiger partial charge in [0.25, 0.3) is 0 Å². The highest BCUT2D eigenvalue weighted by Gasteiger charge is 2.32. The van der Waals surface area contributed by atoms with Crippen molar-refractivity contribution in [3.8, 4) is 0 Å². The van der Waals surface area contributed by atoms with E-state index in [0.29, 0.717) is 6.61 Å². The van der Waals surface area contributed by atoms with E-state index in [4.69, 9.17) is 15.2 Å². The quantitative estimate of drug-likeness (QED) is 0.584.